The summed E-state index contributed by atoms with van der Waals surface area (Å²) in [5, 5.41) is 0. The standard InChI is InChI=1S/C13H14O2/c1-11(2)7-6-10-13(14)15-12-8-4-3-5-9-12/h3-10H,1-2H3/b10-6+. The van der Waals surface area contributed by atoms with Gasteiger partial charge in [-0.3, -0.25) is 0 Å². The zero-order chi connectivity index (χ0) is 11.1. The van der Waals surface area contributed by atoms with Crippen LogP contribution in [0, 0.1) is 0 Å². The number of benzene rings is 1. The molecule has 0 heterocycles. The first-order chi connectivity index (χ1) is 7.18. The first-order valence-corrected chi connectivity index (χ1v) is 4.77. The topological polar surface area (TPSA) is 26.3 Å². The van der Waals surface area contributed by atoms with E-state index in [-0.39, 0.29) is 5.97 Å². The van der Waals surface area contributed by atoms with Crippen LogP contribution in [0.2, 0.25) is 0 Å². The SMILES string of the molecule is CC(C)=C/C=C/C(=O)Oc1ccccc1. The van der Waals surface area contributed by atoms with Gasteiger partial charge in [0.05, 0.1) is 0 Å². The van der Waals surface area contributed by atoms with E-state index in [0.29, 0.717) is 5.75 Å². The van der Waals surface area contributed by atoms with Gasteiger partial charge in [0.25, 0.3) is 0 Å². The van der Waals surface area contributed by atoms with Crippen LogP contribution in [0.15, 0.2) is 54.1 Å². The Hall–Kier alpha value is -1.83. The van der Waals surface area contributed by atoms with Crippen LogP contribution in [0.5, 0.6) is 5.75 Å². The van der Waals surface area contributed by atoms with Crippen LogP contribution in [-0.4, -0.2) is 5.97 Å². The van der Waals surface area contributed by atoms with Crippen molar-refractivity contribution in [1.29, 1.82) is 0 Å². The predicted molar refractivity (Wildman–Crippen MR) is 60.6 cm³/mol. The van der Waals surface area contributed by atoms with E-state index in [1.807, 2.05) is 38.1 Å². The molecule has 2 nitrogen and oxygen atoms in total. The Morgan fingerprint density at radius 1 is 1.20 bits per heavy atom. The van der Waals surface area contributed by atoms with E-state index in [0.717, 1.165) is 5.57 Å². The van der Waals surface area contributed by atoms with Crippen LogP contribution < -0.4 is 4.74 Å². The van der Waals surface area contributed by atoms with Gasteiger partial charge in [-0.1, -0.05) is 35.9 Å². The van der Waals surface area contributed by atoms with Gasteiger partial charge in [0.2, 0.25) is 0 Å². The van der Waals surface area contributed by atoms with Gasteiger partial charge >= 0.3 is 5.97 Å². The van der Waals surface area contributed by atoms with Gasteiger partial charge in [-0.2, -0.15) is 0 Å². The Morgan fingerprint density at radius 2 is 1.87 bits per heavy atom. The van der Waals surface area contributed by atoms with E-state index in [1.165, 1.54) is 6.08 Å². The minimum absolute atomic E-state index is 0.362. The van der Waals surface area contributed by atoms with Crippen LogP contribution in [-0.2, 0) is 4.79 Å². The first kappa shape index (κ1) is 11.2. The third kappa shape index (κ3) is 4.81. The van der Waals surface area contributed by atoms with E-state index < -0.39 is 0 Å². The minimum atomic E-state index is -0.362. The van der Waals surface area contributed by atoms with E-state index >= 15 is 0 Å². The summed E-state index contributed by atoms with van der Waals surface area (Å²) in [6, 6.07) is 9.00. The molecule has 0 saturated carbocycles. The normalized spacial score (nSPS) is 10.0. The molecule has 15 heavy (non-hydrogen) atoms. The summed E-state index contributed by atoms with van der Waals surface area (Å²) in [5.41, 5.74) is 1.14. The highest BCUT2D eigenvalue weighted by molar-refractivity contribution is 5.84. The van der Waals surface area contributed by atoms with E-state index in [2.05, 4.69) is 0 Å². The maximum atomic E-state index is 11.3. The van der Waals surface area contributed by atoms with Crippen LogP contribution in [0.3, 0.4) is 0 Å². The molecule has 1 rings (SSSR count). The summed E-state index contributed by atoms with van der Waals surface area (Å²) in [6.45, 7) is 3.93. The van der Waals surface area contributed by atoms with Gasteiger partial charge in [-0.25, -0.2) is 4.79 Å². The number of hydrogen-bond donors (Lipinski definition) is 0. The average molecular weight is 202 g/mol. The molecule has 0 aliphatic heterocycles. The highest BCUT2D eigenvalue weighted by Crippen LogP contribution is 2.08. The third-order valence-electron chi connectivity index (χ3n) is 1.62. The molecule has 0 radical (unpaired) electrons. The molecule has 0 spiro atoms. The van der Waals surface area contributed by atoms with Crippen molar-refractivity contribution in [3.05, 3.63) is 54.1 Å². The molecule has 0 saturated heterocycles. The third-order valence-corrected chi connectivity index (χ3v) is 1.62. The van der Waals surface area contributed by atoms with Crippen molar-refractivity contribution >= 4 is 5.97 Å². The van der Waals surface area contributed by atoms with Crippen molar-refractivity contribution in [2.45, 2.75) is 13.8 Å². The fraction of sp³-hybridized carbons (Fsp3) is 0.154. The van der Waals surface area contributed by atoms with Crippen molar-refractivity contribution in [1.82, 2.24) is 0 Å². The highest BCUT2D eigenvalue weighted by Gasteiger charge is 1.97. The predicted octanol–water partition coefficient (Wildman–Crippen LogP) is 3.11. The molecule has 0 amide bonds. The number of esters is 1. The zero-order valence-electron chi connectivity index (χ0n) is 8.94. The first-order valence-electron chi connectivity index (χ1n) is 4.77. The van der Waals surface area contributed by atoms with Crippen LogP contribution >= 0.6 is 0 Å². The van der Waals surface area contributed by atoms with Crippen molar-refractivity contribution in [3.8, 4) is 5.75 Å². The molecule has 0 atom stereocenters. The summed E-state index contributed by atoms with van der Waals surface area (Å²) >= 11 is 0. The van der Waals surface area contributed by atoms with Crippen molar-refractivity contribution in [3.63, 3.8) is 0 Å². The molecular formula is C13H14O2. The Balaban J connectivity index is 2.51. The van der Waals surface area contributed by atoms with Crippen molar-refractivity contribution in [2.75, 3.05) is 0 Å². The molecule has 0 fully saturated rings. The molecule has 0 unspecified atom stereocenters. The second kappa shape index (κ2) is 5.81. The van der Waals surface area contributed by atoms with Gasteiger partial charge in [0.1, 0.15) is 5.75 Å². The largest absolute Gasteiger partial charge is 0.423 e. The van der Waals surface area contributed by atoms with E-state index in [9.17, 15) is 4.79 Å². The number of carbonyl (C=O) groups excluding carboxylic acids is 1. The van der Waals surface area contributed by atoms with Crippen molar-refractivity contribution in [2.24, 2.45) is 0 Å². The summed E-state index contributed by atoms with van der Waals surface area (Å²) in [7, 11) is 0. The second-order valence-corrected chi connectivity index (χ2v) is 3.34. The molecule has 0 aliphatic rings. The summed E-state index contributed by atoms with van der Waals surface area (Å²) in [6.07, 6.45) is 4.94. The Morgan fingerprint density at radius 3 is 2.47 bits per heavy atom. The Kier molecular flexibility index (Phi) is 4.35. The van der Waals surface area contributed by atoms with Gasteiger partial charge in [-0.05, 0) is 26.0 Å². The molecule has 0 bridgehead atoms. The molecule has 1 aromatic carbocycles. The van der Waals surface area contributed by atoms with Gasteiger partial charge < -0.3 is 4.74 Å². The number of ether oxygens (including phenoxy) is 1. The number of carbonyl (C=O) groups is 1. The average Bonchev–Trinajstić information content (AvgIpc) is 2.18. The van der Waals surface area contributed by atoms with Gasteiger partial charge in [0.15, 0.2) is 0 Å². The lowest BCUT2D eigenvalue weighted by molar-refractivity contribution is -0.128. The molecule has 0 aromatic heterocycles. The Bertz CT molecular complexity index is 371. The van der Waals surface area contributed by atoms with Crippen LogP contribution in [0.25, 0.3) is 0 Å². The zero-order valence-corrected chi connectivity index (χ0v) is 8.94. The maximum Gasteiger partial charge on any atom is 0.336 e. The van der Waals surface area contributed by atoms with Gasteiger partial charge in [-0.15, -0.1) is 0 Å². The highest BCUT2D eigenvalue weighted by atomic mass is 16.5. The number of rotatable bonds is 3. The molecular weight excluding hydrogens is 188 g/mol. The lowest BCUT2D eigenvalue weighted by Gasteiger charge is -1.98. The minimum Gasteiger partial charge on any atom is -0.423 e. The number of hydrogen-bond acceptors (Lipinski definition) is 2. The van der Waals surface area contributed by atoms with Gasteiger partial charge in [0, 0.05) is 6.08 Å². The molecule has 0 N–H and O–H groups in total. The monoisotopic (exact) mass is 202 g/mol. The molecule has 1 aromatic rings. The summed E-state index contributed by atoms with van der Waals surface area (Å²) in [5.74, 6) is 0.197. The number of para-hydroxylation sites is 1. The molecule has 0 aliphatic carbocycles. The fourth-order valence-electron chi connectivity index (χ4n) is 0.958. The molecule has 78 valence electrons. The number of allylic oxidation sites excluding steroid dienone is 3. The fourth-order valence-corrected chi connectivity index (χ4v) is 0.958. The lowest BCUT2D eigenvalue weighted by Crippen LogP contribution is -2.03. The summed E-state index contributed by atoms with van der Waals surface area (Å²) < 4.78 is 5.04. The van der Waals surface area contributed by atoms with E-state index in [4.69, 9.17) is 4.74 Å². The maximum absolute atomic E-state index is 11.3. The second-order valence-electron chi connectivity index (χ2n) is 3.34. The van der Waals surface area contributed by atoms with Crippen molar-refractivity contribution < 1.29 is 9.53 Å². The lowest BCUT2D eigenvalue weighted by atomic mass is 10.3. The van der Waals surface area contributed by atoms with Crippen LogP contribution in [0.4, 0.5) is 0 Å². The smallest absolute Gasteiger partial charge is 0.336 e. The summed E-state index contributed by atoms with van der Waals surface area (Å²) in [4.78, 5) is 11.3. The van der Waals surface area contributed by atoms with E-state index in [1.54, 1.807) is 18.2 Å². The Labute approximate surface area is 89.9 Å². The quantitative estimate of drug-likeness (QED) is 0.326. The van der Waals surface area contributed by atoms with Crippen LogP contribution in [0.1, 0.15) is 13.8 Å². The molecule has 2 heteroatoms.